The summed E-state index contributed by atoms with van der Waals surface area (Å²) in [4.78, 5) is 4.24. The summed E-state index contributed by atoms with van der Waals surface area (Å²) in [6.07, 6.45) is 3.39. The summed E-state index contributed by atoms with van der Waals surface area (Å²) in [7, 11) is 0. The lowest BCUT2D eigenvalue weighted by Gasteiger charge is -1.95. The summed E-state index contributed by atoms with van der Waals surface area (Å²) in [6, 6.07) is 11.4. The maximum atomic E-state index is 5.24. The Morgan fingerprint density at radius 1 is 1.11 bits per heavy atom. The molecule has 3 rings (SSSR count). The highest BCUT2D eigenvalue weighted by Gasteiger charge is 2.09. The summed E-state index contributed by atoms with van der Waals surface area (Å²) in [5, 5.41) is 4.98. The van der Waals surface area contributed by atoms with Gasteiger partial charge in [0.25, 0.3) is 0 Å². The van der Waals surface area contributed by atoms with E-state index in [-0.39, 0.29) is 0 Å². The van der Waals surface area contributed by atoms with Crippen LogP contribution in [0, 0.1) is 0 Å². The number of nitrogens with zero attached hydrogens (tertiary/aromatic N) is 2. The van der Waals surface area contributed by atoms with Gasteiger partial charge in [-0.3, -0.25) is 0 Å². The molecule has 0 aromatic carbocycles. The molecule has 0 aliphatic carbocycles. The second-order valence-electron chi connectivity index (χ2n) is 3.62. The Kier molecular flexibility index (Phi) is 3.14. The zero-order valence-corrected chi connectivity index (χ0v) is 10.3. The Morgan fingerprint density at radius 3 is 2.89 bits per heavy atom. The van der Waals surface area contributed by atoms with Gasteiger partial charge in [-0.2, -0.15) is 0 Å². The van der Waals surface area contributed by atoms with Crippen LogP contribution >= 0.6 is 11.8 Å². The summed E-state index contributed by atoms with van der Waals surface area (Å²) < 4.78 is 10.5. The molecule has 0 amide bonds. The van der Waals surface area contributed by atoms with Crippen LogP contribution in [0.15, 0.2) is 62.8 Å². The molecule has 5 heteroatoms. The van der Waals surface area contributed by atoms with E-state index in [4.69, 9.17) is 8.94 Å². The number of rotatable bonds is 4. The van der Waals surface area contributed by atoms with E-state index in [1.54, 1.807) is 24.2 Å². The summed E-state index contributed by atoms with van der Waals surface area (Å²) in [6.45, 7) is 0. The quantitative estimate of drug-likeness (QED) is 0.669. The molecule has 0 N–H and O–H groups in total. The number of hydrogen-bond donors (Lipinski definition) is 0. The van der Waals surface area contributed by atoms with Crippen LogP contribution in [0.25, 0.3) is 11.5 Å². The highest BCUT2D eigenvalue weighted by atomic mass is 32.2. The Balaban J connectivity index is 1.68. The van der Waals surface area contributed by atoms with Gasteiger partial charge in [0.1, 0.15) is 0 Å². The molecule has 90 valence electrons. The van der Waals surface area contributed by atoms with Crippen molar-refractivity contribution in [2.75, 3.05) is 0 Å². The predicted octanol–water partition coefficient (Wildman–Crippen LogP) is 3.62. The molecular formula is C13H10N2O2S. The van der Waals surface area contributed by atoms with Crippen LogP contribution in [0.3, 0.4) is 0 Å². The van der Waals surface area contributed by atoms with E-state index in [1.807, 2.05) is 36.4 Å². The van der Waals surface area contributed by atoms with Gasteiger partial charge in [0.05, 0.1) is 17.0 Å². The summed E-state index contributed by atoms with van der Waals surface area (Å²) in [5.41, 5.74) is 0.872. The van der Waals surface area contributed by atoms with Crippen LogP contribution in [-0.2, 0) is 5.75 Å². The van der Waals surface area contributed by atoms with Gasteiger partial charge >= 0.3 is 0 Å². The van der Waals surface area contributed by atoms with Crippen molar-refractivity contribution in [2.24, 2.45) is 0 Å². The second-order valence-corrected chi connectivity index (χ2v) is 4.61. The van der Waals surface area contributed by atoms with E-state index >= 15 is 0 Å². The Labute approximate surface area is 108 Å². The number of thioether (sulfide) groups is 1. The van der Waals surface area contributed by atoms with Gasteiger partial charge in [-0.15, -0.1) is 0 Å². The van der Waals surface area contributed by atoms with Gasteiger partial charge in [0, 0.05) is 18.0 Å². The molecule has 0 unspecified atom stereocenters. The number of hydrogen-bond acceptors (Lipinski definition) is 5. The highest BCUT2D eigenvalue weighted by molar-refractivity contribution is 7.98. The minimum Gasteiger partial charge on any atom is -0.461 e. The molecular weight excluding hydrogens is 248 g/mol. The molecule has 0 aliphatic heterocycles. The highest BCUT2D eigenvalue weighted by Crippen LogP contribution is 2.24. The van der Waals surface area contributed by atoms with Gasteiger partial charge in [0.15, 0.2) is 5.76 Å². The normalized spacial score (nSPS) is 10.7. The molecule has 0 fully saturated rings. The average molecular weight is 258 g/mol. The Bertz CT molecular complexity index is 605. The lowest BCUT2D eigenvalue weighted by atomic mass is 10.3. The number of furan rings is 1. The number of aromatic nitrogens is 2. The first-order chi connectivity index (χ1) is 8.92. The molecule has 4 nitrogen and oxygen atoms in total. The fourth-order valence-corrected chi connectivity index (χ4v) is 2.24. The van der Waals surface area contributed by atoms with Crippen molar-refractivity contribution in [1.82, 2.24) is 10.1 Å². The average Bonchev–Trinajstić information content (AvgIpc) is 3.08. The molecule has 0 saturated carbocycles. The summed E-state index contributed by atoms with van der Waals surface area (Å²) in [5.74, 6) is 2.06. The maximum absolute atomic E-state index is 5.24. The second kappa shape index (κ2) is 5.10. The molecule has 0 saturated heterocycles. The van der Waals surface area contributed by atoms with Gasteiger partial charge in [-0.25, -0.2) is 4.98 Å². The van der Waals surface area contributed by atoms with Crippen molar-refractivity contribution < 1.29 is 8.94 Å². The van der Waals surface area contributed by atoms with E-state index < -0.39 is 0 Å². The molecule has 0 spiro atoms. The van der Waals surface area contributed by atoms with Crippen molar-refractivity contribution >= 4 is 11.8 Å². The third-order valence-electron chi connectivity index (χ3n) is 2.33. The van der Waals surface area contributed by atoms with Crippen molar-refractivity contribution in [2.45, 2.75) is 10.8 Å². The van der Waals surface area contributed by atoms with Gasteiger partial charge in [0.2, 0.25) is 5.76 Å². The minimum absolute atomic E-state index is 0.650. The molecule has 0 atom stereocenters. The molecule has 3 heterocycles. The third-order valence-corrected chi connectivity index (χ3v) is 3.31. The SMILES string of the molecule is c1ccc(SCc2cc(-c3ccco3)on2)nc1. The monoisotopic (exact) mass is 258 g/mol. The van der Waals surface area contributed by atoms with Gasteiger partial charge in [-0.05, 0) is 24.3 Å². The van der Waals surface area contributed by atoms with Crippen LogP contribution in [0.2, 0.25) is 0 Å². The molecule has 0 aliphatic rings. The first-order valence-corrected chi connectivity index (χ1v) is 6.44. The minimum atomic E-state index is 0.650. The predicted molar refractivity (Wildman–Crippen MR) is 68.0 cm³/mol. The van der Waals surface area contributed by atoms with Crippen LogP contribution in [-0.4, -0.2) is 10.1 Å². The van der Waals surface area contributed by atoms with Crippen molar-refractivity contribution in [3.63, 3.8) is 0 Å². The lowest BCUT2D eigenvalue weighted by Crippen LogP contribution is -1.81. The molecule has 0 bridgehead atoms. The lowest BCUT2D eigenvalue weighted by molar-refractivity contribution is 0.413. The van der Waals surface area contributed by atoms with Gasteiger partial charge in [-0.1, -0.05) is 23.0 Å². The van der Waals surface area contributed by atoms with Gasteiger partial charge < -0.3 is 8.94 Å². The fraction of sp³-hybridized carbons (Fsp3) is 0.0769. The van der Waals surface area contributed by atoms with Crippen molar-refractivity contribution in [1.29, 1.82) is 0 Å². The Morgan fingerprint density at radius 2 is 2.11 bits per heavy atom. The van der Waals surface area contributed by atoms with Crippen LogP contribution in [0.4, 0.5) is 0 Å². The standard InChI is InChI=1S/C13H10N2O2S/c1-2-6-14-13(5-1)18-9-10-8-12(17-15-10)11-4-3-7-16-11/h1-8H,9H2. The fourth-order valence-electron chi connectivity index (χ4n) is 1.50. The van der Waals surface area contributed by atoms with Crippen molar-refractivity contribution in [3.05, 3.63) is 54.6 Å². The molecule has 0 radical (unpaired) electrons. The van der Waals surface area contributed by atoms with E-state index in [0.717, 1.165) is 16.5 Å². The van der Waals surface area contributed by atoms with E-state index in [2.05, 4.69) is 10.1 Å². The maximum Gasteiger partial charge on any atom is 0.202 e. The smallest absolute Gasteiger partial charge is 0.202 e. The Hall–Kier alpha value is -2.01. The van der Waals surface area contributed by atoms with E-state index in [9.17, 15) is 0 Å². The topological polar surface area (TPSA) is 52.1 Å². The molecule has 3 aromatic heterocycles. The van der Waals surface area contributed by atoms with Crippen LogP contribution < -0.4 is 0 Å². The first-order valence-electron chi connectivity index (χ1n) is 5.45. The van der Waals surface area contributed by atoms with E-state index in [0.29, 0.717) is 11.5 Å². The molecule has 18 heavy (non-hydrogen) atoms. The first kappa shape index (κ1) is 11.1. The summed E-state index contributed by atoms with van der Waals surface area (Å²) >= 11 is 1.62. The third kappa shape index (κ3) is 2.46. The zero-order chi connectivity index (χ0) is 12.2. The van der Waals surface area contributed by atoms with Crippen LogP contribution in [0.1, 0.15) is 5.69 Å². The zero-order valence-electron chi connectivity index (χ0n) is 9.45. The van der Waals surface area contributed by atoms with E-state index in [1.165, 1.54) is 0 Å². The largest absolute Gasteiger partial charge is 0.461 e. The van der Waals surface area contributed by atoms with Crippen LogP contribution in [0.5, 0.6) is 0 Å². The number of pyridine rings is 1. The molecule has 3 aromatic rings. The van der Waals surface area contributed by atoms with Crippen molar-refractivity contribution in [3.8, 4) is 11.5 Å².